The van der Waals surface area contributed by atoms with Gasteiger partial charge < -0.3 is 4.42 Å². The second kappa shape index (κ2) is 8.08. The van der Waals surface area contributed by atoms with E-state index in [-0.39, 0.29) is 27.9 Å². The molecule has 8 heteroatoms. The van der Waals surface area contributed by atoms with Crippen molar-refractivity contribution in [1.82, 2.24) is 5.32 Å². The van der Waals surface area contributed by atoms with Crippen molar-refractivity contribution >= 4 is 46.7 Å². The first-order valence-corrected chi connectivity index (χ1v) is 9.63. The van der Waals surface area contributed by atoms with Crippen LogP contribution in [0.3, 0.4) is 0 Å². The van der Waals surface area contributed by atoms with Crippen LogP contribution in [0.5, 0.6) is 0 Å². The largest absolute Gasteiger partial charge is 0.457 e. The Morgan fingerprint density at radius 1 is 1.06 bits per heavy atom. The highest BCUT2D eigenvalue weighted by Gasteiger charge is 2.35. The van der Waals surface area contributed by atoms with E-state index in [1.165, 1.54) is 31.2 Å². The Bertz CT molecular complexity index is 1260. The van der Waals surface area contributed by atoms with Gasteiger partial charge in [-0.3, -0.25) is 19.7 Å². The average molecular weight is 434 g/mol. The van der Waals surface area contributed by atoms with Gasteiger partial charge in [-0.25, -0.2) is 9.29 Å². The van der Waals surface area contributed by atoms with Gasteiger partial charge in [0.15, 0.2) is 10.9 Å². The van der Waals surface area contributed by atoms with E-state index in [0.717, 1.165) is 10.5 Å². The number of nitrogens with zero attached hydrogens (tertiary/aromatic N) is 1. The number of halogens is 1. The first-order valence-electron chi connectivity index (χ1n) is 9.22. The summed E-state index contributed by atoms with van der Waals surface area (Å²) in [6, 6.07) is 15.8. The molecule has 1 saturated heterocycles. The zero-order valence-corrected chi connectivity index (χ0v) is 17.0. The molecule has 1 N–H and O–H groups in total. The Kier molecular flexibility index (Phi) is 5.31. The number of thiocarbonyl (C=S) groups is 1. The molecule has 1 aromatic heterocycles. The van der Waals surface area contributed by atoms with E-state index >= 15 is 0 Å². The third-order valence-corrected chi connectivity index (χ3v) is 4.97. The maximum atomic E-state index is 14.2. The van der Waals surface area contributed by atoms with Crippen molar-refractivity contribution in [2.45, 2.75) is 6.92 Å². The maximum absolute atomic E-state index is 14.2. The summed E-state index contributed by atoms with van der Waals surface area (Å²) >= 11 is 5.07. The number of rotatable bonds is 4. The lowest BCUT2D eigenvalue weighted by Crippen LogP contribution is -2.54. The molecule has 2 aromatic carbocycles. The van der Waals surface area contributed by atoms with Crippen molar-refractivity contribution in [3.05, 3.63) is 83.4 Å². The number of carbonyl (C=O) groups excluding carboxylic acids is 3. The van der Waals surface area contributed by atoms with Gasteiger partial charge in [-0.15, -0.1) is 0 Å². The van der Waals surface area contributed by atoms with Crippen LogP contribution in [-0.2, 0) is 9.59 Å². The van der Waals surface area contributed by atoms with Gasteiger partial charge in [-0.1, -0.05) is 36.4 Å². The Balaban J connectivity index is 1.65. The molecule has 3 aromatic rings. The molecule has 1 fully saturated rings. The Morgan fingerprint density at radius 3 is 2.45 bits per heavy atom. The van der Waals surface area contributed by atoms with Crippen LogP contribution in [0.2, 0.25) is 0 Å². The Hall–Kier alpha value is -3.91. The highest BCUT2D eigenvalue weighted by Crippen LogP contribution is 2.27. The summed E-state index contributed by atoms with van der Waals surface area (Å²) < 4.78 is 20.0. The van der Waals surface area contributed by atoms with E-state index in [2.05, 4.69) is 5.32 Å². The van der Waals surface area contributed by atoms with Crippen molar-refractivity contribution in [3.63, 3.8) is 0 Å². The first-order chi connectivity index (χ1) is 14.8. The minimum Gasteiger partial charge on any atom is -0.457 e. The molecule has 0 aliphatic carbocycles. The number of nitrogens with one attached hydrogen (secondary N) is 1. The van der Waals surface area contributed by atoms with Gasteiger partial charge in [-0.2, -0.15) is 0 Å². The third kappa shape index (κ3) is 3.93. The number of ketones is 1. The molecule has 0 spiro atoms. The van der Waals surface area contributed by atoms with Gasteiger partial charge in [0.05, 0.1) is 5.69 Å². The van der Waals surface area contributed by atoms with Crippen LogP contribution < -0.4 is 10.2 Å². The summed E-state index contributed by atoms with van der Waals surface area (Å²) in [5.74, 6) is -1.41. The molecule has 154 valence electrons. The van der Waals surface area contributed by atoms with E-state index < -0.39 is 17.6 Å². The summed E-state index contributed by atoms with van der Waals surface area (Å²) in [7, 11) is 0. The van der Waals surface area contributed by atoms with E-state index in [1.54, 1.807) is 42.5 Å². The van der Waals surface area contributed by atoms with E-state index in [4.69, 9.17) is 16.6 Å². The number of hydrogen-bond donors (Lipinski definition) is 1. The van der Waals surface area contributed by atoms with Crippen LogP contribution in [0.4, 0.5) is 10.1 Å². The van der Waals surface area contributed by atoms with Crippen LogP contribution in [0.15, 0.2) is 70.7 Å². The number of benzene rings is 2. The molecule has 1 aliphatic rings. The second-order valence-corrected chi connectivity index (χ2v) is 7.13. The fourth-order valence-corrected chi connectivity index (χ4v) is 3.38. The maximum Gasteiger partial charge on any atom is 0.270 e. The fraction of sp³-hybridized carbons (Fsp3) is 0.0435. The minimum atomic E-state index is -0.761. The van der Waals surface area contributed by atoms with Crippen molar-refractivity contribution in [2.24, 2.45) is 0 Å². The Labute approximate surface area is 182 Å². The lowest BCUT2D eigenvalue weighted by Gasteiger charge is -2.28. The second-order valence-electron chi connectivity index (χ2n) is 6.74. The van der Waals surface area contributed by atoms with Crippen LogP contribution in [0, 0.1) is 5.82 Å². The summed E-state index contributed by atoms with van der Waals surface area (Å²) in [4.78, 5) is 37.7. The quantitative estimate of drug-likeness (QED) is 0.289. The van der Waals surface area contributed by atoms with Crippen molar-refractivity contribution in [2.75, 3.05) is 4.90 Å². The standard InChI is InChI=1S/C23H15FN2O4S/c1-13(27)14-6-8-15(9-7-14)20-11-10-16(30-20)12-17-21(28)25-23(31)26(22(17)29)19-5-3-2-4-18(19)24/h2-12H,1H3,(H,25,28,31). The van der Waals surface area contributed by atoms with Crippen molar-refractivity contribution < 1.29 is 23.2 Å². The van der Waals surface area contributed by atoms with Gasteiger partial charge in [0.1, 0.15) is 22.9 Å². The molecule has 0 atom stereocenters. The molecule has 2 amide bonds. The lowest BCUT2D eigenvalue weighted by molar-refractivity contribution is -0.122. The molecule has 0 radical (unpaired) electrons. The van der Waals surface area contributed by atoms with E-state index in [0.29, 0.717) is 11.3 Å². The van der Waals surface area contributed by atoms with Crippen LogP contribution in [0.1, 0.15) is 23.0 Å². The normalized spacial score (nSPS) is 15.4. The number of carbonyl (C=O) groups is 3. The molecule has 2 heterocycles. The number of Topliss-reactive ketones (excluding diaryl/α,β-unsaturated/α-hetero) is 1. The predicted octanol–water partition coefficient (Wildman–Crippen LogP) is 4.12. The van der Waals surface area contributed by atoms with Crippen molar-refractivity contribution in [1.29, 1.82) is 0 Å². The smallest absolute Gasteiger partial charge is 0.270 e. The van der Waals surface area contributed by atoms with Crippen LogP contribution in [-0.4, -0.2) is 22.7 Å². The summed E-state index contributed by atoms with van der Waals surface area (Å²) in [5, 5.41) is 2.19. The zero-order chi connectivity index (χ0) is 22.1. The van der Waals surface area contributed by atoms with Crippen molar-refractivity contribution in [3.8, 4) is 11.3 Å². The molecule has 4 rings (SSSR count). The highest BCUT2D eigenvalue weighted by atomic mass is 32.1. The summed E-state index contributed by atoms with van der Waals surface area (Å²) in [6.45, 7) is 1.48. The number of anilines is 1. The highest BCUT2D eigenvalue weighted by molar-refractivity contribution is 7.80. The van der Waals surface area contributed by atoms with Gasteiger partial charge in [0.25, 0.3) is 11.8 Å². The number of hydrogen-bond acceptors (Lipinski definition) is 5. The van der Waals surface area contributed by atoms with Gasteiger partial charge in [0, 0.05) is 11.1 Å². The Morgan fingerprint density at radius 2 is 1.77 bits per heavy atom. The van der Waals surface area contributed by atoms with Gasteiger partial charge in [-0.05, 0) is 49.5 Å². The SMILES string of the molecule is CC(=O)c1ccc(-c2ccc(C=C3C(=O)NC(=S)N(c4ccccc4F)C3=O)o2)cc1. The molecule has 1 aliphatic heterocycles. The molecule has 31 heavy (non-hydrogen) atoms. The van der Waals surface area contributed by atoms with Crippen LogP contribution in [0.25, 0.3) is 17.4 Å². The molecule has 0 bridgehead atoms. The first kappa shape index (κ1) is 20.4. The minimum absolute atomic E-state index is 0.0458. The topological polar surface area (TPSA) is 79.6 Å². The summed E-state index contributed by atoms with van der Waals surface area (Å²) in [6.07, 6.45) is 1.28. The number of amides is 2. The molecule has 0 unspecified atom stereocenters. The molecular weight excluding hydrogens is 419 g/mol. The number of furan rings is 1. The lowest BCUT2D eigenvalue weighted by atomic mass is 10.1. The van der Waals surface area contributed by atoms with Gasteiger partial charge in [0.2, 0.25) is 0 Å². The number of para-hydroxylation sites is 1. The molecular formula is C23H15FN2O4S. The predicted molar refractivity (Wildman–Crippen MR) is 117 cm³/mol. The molecule has 0 saturated carbocycles. The average Bonchev–Trinajstić information content (AvgIpc) is 3.21. The fourth-order valence-electron chi connectivity index (χ4n) is 3.11. The monoisotopic (exact) mass is 434 g/mol. The van der Waals surface area contributed by atoms with Gasteiger partial charge >= 0.3 is 0 Å². The summed E-state index contributed by atoms with van der Waals surface area (Å²) in [5.41, 5.74) is 0.994. The third-order valence-electron chi connectivity index (χ3n) is 4.68. The zero-order valence-electron chi connectivity index (χ0n) is 16.2. The van der Waals surface area contributed by atoms with Crippen LogP contribution >= 0.6 is 12.2 Å². The van der Waals surface area contributed by atoms with E-state index in [1.807, 2.05) is 0 Å². The molecule has 6 nitrogen and oxygen atoms in total. The van der Waals surface area contributed by atoms with E-state index in [9.17, 15) is 18.8 Å².